The van der Waals surface area contributed by atoms with Gasteiger partial charge in [-0.1, -0.05) is 42.5 Å². The Bertz CT molecular complexity index is 1450. The van der Waals surface area contributed by atoms with Crippen molar-refractivity contribution in [2.75, 3.05) is 16.7 Å². The number of fused-ring (bicyclic) bond motifs is 3. The molecular weight excluding hydrogens is 412 g/mol. The maximum atomic E-state index is 13.8. The number of amides is 1. The molecular formula is C24H18N2O4S. The lowest BCUT2D eigenvalue weighted by atomic mass is 10.1. The van der Waals surface area contributed by atoms with Crippen LogP contribution < -0.4 is 14.4 Å². The van der Waals surface area contributed by atoms with Crippen molar-refractivity contribution in [3.8, 4) is 5.75 Å². The average molecular weight is 430 g/mol. The number of carbonyl (C=O) groups is 1. The van der Waals surface area contributed by atoms with Gasteiger partial charge in [0.1, 0.15) is 5.75 Å². The van der Waals surface area contributed by atoms with E-state index in [1.807, 2.05) is 24.3 Å². The Kier molecular flexibility index (Phi) is 4.41. The summed E-state index contributed by atoms with van der Waals surface area (Å²) in [5.74, 6) is -0.0821. The highest BCUT2D eigenvalue weighted by Gasteiger charge is 2.36. The normalized spacial score (nSPS) is 13.2. The fourth-order valence-electron chi connectivity index (χ4n) is 3.73. The van der Waals surface area contributed by atoms with E-state index in [-0.39, 0.29) is 16.1 Å². The molecule has 7 heteroatoms. The van der Waals surface area contributed by atoms with Crippen LogP contribution in [-0.4, -0.2) is 21.4 Å². The smallest absolute Gasteiger partial charge is 0.274 e. The van der Waals surface area contributed by atoms with Gasteiger partial charge in [0.05, 0.1) is 34.6 Å². The van der Waals surface area contributed by atoms with Crippen molar-refractivity contribution in [1.29, 1.82) is 0 Å². The number of nitrogens with zero attached hydrogens (tertiary/aromatic N) is 1. The molecule has 0 saturated heterocycles. The van der Waals surface area contributed by atoms with Gasteiger partial charge in [-0.05, 0) is 47.2 Å². The molecule has 5 rings (SSSR count). The molecule has 31 heavy (non-hydrogen) atoms. The first kappa shape index (κ1) is 19.1. The Morgan fingerprint density at radius 2 is 1.55 bits per heavy atom. The van der Waals surface area contributed by atoms with Gasteiger partial charge in [-0.25, -0.2) is 8.42 Å². The van der Waals surface area contributed by atoms with Crippen molar-refractivity contribution < 1.29 is 17.9 Å². The summed E-state index contributed by atoms with van der Waals surface area (Å²) in [5, 5.41) is 4.88. The second kappa shape index (κ2) is 7.14. The molecule has 4 aromatic carbocycles. The molecule has 154 valence electrons. The topological polar surface area (TPSA) is 75.7 Å². The molecule has 1 amide bonds. The highest BCUT2D eigenvalue weighted by atomic mass is 32.2. The lowest BCUT2D eigenvalue weighted by Gasteiger charge is -2.23. The number of rotatable bonds is 3. The standard InChI is InChI=1S/C24H18N2O4S/c1-30-18-11-13-23-22(15-18)25-21-9-5-4-8-20(21)24(27)26(23)31(28,29)19-12-10-16-6-2-3-7-17(16)14-19/h2-15,25H,1H3. The zero-order valence-corrected chi connectivity index (χ0v) is 17.4. The predicted molar refractivity (Wildman–Crippen MR) is 121 cm³/mol. The molecule has 0 spiro atoms. The molecule has 0 bridgehead atoms. The van der Waals surface area contributed by atoms with Crippen molar-refractivity contribution in [3.63, 3.8) is 0 Å². The minimum atomic E-state index is -4.20. The van der Waals surface area contributed by atoms with Crippen LogP contribution in [0.2, 0.25) is 0 Å². The molecule has 6 nitrogen and oxygen atoms in total. The first-order valence-corrected chi connectivity index (χ1v) is 11.1. The summed E-state index contributed by atoms with van der Waals surface area (Å²) in [6.07, 6.45) is 0. The molecule has 0 atom stereocenters. The molecule has 4 aromatic rings. The van der Waals surface area contributed by atoms with E-state index in [1.165, 1.54) is 13.2 Å². The summed E-state index contributed by atoms with van der Waals surface area (Å²) in [5.41, 5.74) is 1.48. The van der Waals surface area contributed by atoms with Crippen LogP contribution in [0.25, 0.3) is 10.8 Å². The van der Waals surface area contributed by atoms with Gasteiger partial charge in [-0.3, -0.25) is 4.79 Å². The van der Waals surface area contributed by atoms with Crippen LogP contribution in [0.3, 0.4) is 0 Å². The van der Waals surface area contributed by atoms with Gasteiger partial charge in [0, 0.05) is 6.07 Å². The number of methoxy groups -OCH3 is 1. The third-order valence-electron chi connectivity index (χ3n) is 5.29. The SMILES string of the molecule is COc1ccc2c(c1)Nc1ccccc1C(=O)N2S(=O)(=O)c1ccc2ccccc2c1. The first-order chi connectivity index (χ1) is 15.0. The second-order valence-electron chi connectivity index (χ2n) is 7.14. The summed E-state index contributed by atoms with van der Waals surface area (Å²) in [4.78, 5) is 13.6. The van der Waals surface area contributed by atoms with Crippen LogP contribution in [0.1, 0.15) is 10.4 Å². The summed E-state index contributed by atoms with van der Waals surface area (Å²) in [6.45, 7) is 0. The van der Waals surface area contributed by atoms with Gasteiger partial charge >= 0.3 is 0 Å². The van der Waals surface area contributed by atoms with Gasteiger partial charge in [-0.15, -0.1) is 0 Å². The molecule has 1 N–H and O–H groups in total. The zero-order valence-electron chi connectivity index (χ0n) is 16.6. The van der Waals surface area contributed by atoms with Crippen LogP contribution in [-0.2, 0) is 10.0 Å². The Balaban J connectivity index is 1.75. The van der Waals surface area contributed by atoms with E-state index in [1.54, 1.807) is 54.6 Å². The Morgan fingerprint density at radius 1 is 0.806 bits per heavy atom. The van der Waals surface area contributed by atoms with Crippen LogP contribution in [0, 0.1) is 0 Å². The fraction of sp³-hybridized carbons (Fsp3) is 0.0417. The molecule has 0 unspecified atom stereocenters. The van der Waals surface area contributed by atoms with Gasteiger partial charge in [-0.2, -0.15) is 4.31 Å². The monoisotopic (exact) mass is 430 g/mol. The number of hydrogen-bond acceptors (Lipinski definition) is 5. The Labute approximate surface area is 179 Å². The molecule has 0 saturated carbocycles. The largest absolute Gasteiger partial charge is 0.497 e. The summed E-state index contributed by atoms with van der Waals surface area (Å²) < 4.78 is 33.7. The lowest BCUT2D eigenvalue weighted by molar-refractivity contribution is 0.101. The quantitative estimate of drug-likeness (QED) is 0.498. The summed E-state index contributed by atoms with van der Waals surface area (Å²) in [6, 6.07) is 24.1. The molecule has 0 aliphatic carbocycles. The van der Waals surface area contributed by atoms with Crippen molar-refractivity contribution in [1.82, 2.24) is 0 Å². The first-order valence-electron chi connectivity index (χ1n) is 9.61. The Hall–Kier alpha value is -3.84. The third-order valence-corrected chi connectivity index (χ3v) is 6.99. The number of benzene rings is 4. The molecule has 1 heterocycles. The average Bonchev–Trinajstić information content (AvgIpc) is 2.92. The number of nitrogens with one attached hydrogen (secondary N) is 1. The van der Waals surface area contributed by atoms with Gasteiger partial charge in [0.15, 0.2) is 0 Å². The van der Waals surface area contributed by atoms with E-state index < -0.39 is 15.9 Å². The van der Waals surface area contributed by atoms with E-state index >= 15 is 0 Å². The van der Waals surface area contributed by atoms with Crippen LogP contribution in [0.5, 0.6) is 5.75 Å². The minimum absolute atomic E-state index is 0.0423. The number of carbonyl (C=O) groups excluding carboxylic acids is 1. The van der Waals surface area contributed by atoms with Crippen molar-refractivity contribution >= 4 is 43.8 Å². The molecule has 0 radical (unpaired) electrons. The maximum absolute atomic E-state index is 13.8. The van der Waals surface area contributed by atoms with Crippen LogP contribution in [0.15, 0.2) is 89.8 Å². The number of para-hydroxylation sites is 1. The highest BCUT2D eigenvalue weighted by Crippen LogP contribution is 2.40. The van der Waals surface area contributed by atoms with Crippen molar-refractivity contribution in [2.24, 2.45) is 0 Å². The van der Waals surface area contributed by atoms with Gasteiger partial charge in [0.25, 0.3) is 15.9 Å². The predicted octanol–water partition coefficient (Wildman–Crippen LogP) is 4.94. The lowest BCUT2D eigenvalue weighted by Crippen LogP contribution is -2.36. The molecule has 0 fully saturated rings. The summed E-state index contributed by atoms with van der Waals surface area (Å²) in [7, 11) is -2.67. The molecule has 1 aliphatic rings. The molecule has 1 aliphatic heterocycles. The number of sulfonamides is 1. The van der Waals surface area contributed by atoms with E-state index in [2.05, 4.69) is 5.32 Å². The van der Waals surface area contributed by atoms with E-state index in [0.717, 1.165) is 15.1 Å². The maximum Gasteiger partial charge on any atom is 0.274 e. The third kappa shape index (κ3) is 3.10. The number of hydrogen-bond donors (Lipinski definition) is 1. The second-order valence-corrected chi connectivity index (χ2v) is 8.92. The Morgan fingerprint density at radius 3 is 2.35 bits per heavy atom. The highest BCUT2D eigenvalue weighted by molar-refractivity contribution is 7.93. The minimum Gasteiger partial charge on any atom is -0.497 e. The number of ether oxygens (including phenoxy) is 1. The fourth-order valence-corrected chi connectivity index (χ4v) is 5.20. The van der Waals surface area contributed by atoms with E-state index in [0.29, 0.717) is 17.1 Å². The summed E-state index contributed by atoms with van der Waals surface area (Å²) >= 11 is 0. The van der Waals surface area contributed by atoms with Gasteiger partial charge in [0.2, 0.25) is 0 Å². The van der Waals surface area contributed by atoms with Crippen molar-refractivity contribution in [2.45, 2.75) is 4.90 Å². The van der Waals surface area contributed by atoms with E-state index in [4.69, 9.17) is 4.74 Å². The molecule has 0 aromatic heterocycles. The van der Waals surface area contributed by atoms with Gasteiger partial charge < -0.3 is 10.1 Å². The van der Waals surface area contributed by atoms with Crippen LogP contribution >= 0.6 is 0 Å². The number of anilines is 3. The van der Waals surface area contributed by atoms with Crippen LogP contribution in [0.4, 0.5) is 17.1 Å². The van der Waals surface area contributed by atoms with Crippen molar-refractivity contribution in [3.05, 3.63) is 90.5 Å². The zero-order chi connectivity index (χ0) is 21.6. The van der Waals surface area contributed by atoms with E-state index in [9.17, 15) is 13.2 Å².